The third-order valence-electron chi connectivity index (χ3n) is 5.77. The molecule has 2 aliphatic rings. The highest BCUT2D eigenvalue weighted by atomic mass is 32.2. The van der Waals surface area contributed by atoms with Crippen molar-refractivity contribution in [1.82, 2.24) is 9.47 Å². The average Bonchev–Trinajstić information content (AvgIpc) is 2.69. The second-order valence-corrected chi connectivity index (χ2v) is 9.62. The number of nitrogens with zero attached hydrogens (tertiary/aromatic N) is 2. The van der Waals surface area contributed by atoms with Crippen molar-refractivity contribution < 1.29 is 26.4 Å². The number of likely N-dealkylation sites (tertiary alicyclic amines) is 1. The molecule has 31 heavy (non-hydrogen) atoms. The number of amides is 1. The van der Waals surface area contributed by atoms with Gasteiger partial charge in [0.15, 0.2) is 0 Å². The van der Waals surface area contributed by atoms with Crippen LogP contribution in [-0.4, -0.2) is 36.9 Å². The van der Waals surface area contributed by atoms with Crippen molar-refractivity contribution in [2.75, 3.05) is 17.8 Å². The fourth-order valence-corrected chi connectivity index (χ4v) is 5.43. The molecule has 7 nitrogen and oxygen atoms in total. The molecule has 11 heteroatoms. The standard InChI is InChI=1S/C20H20F3N3O4S/c1-12(27)25-9-13-7-14(11-25)18-6-5-17(19(28)26(18)10-13)24-31(29,30)16-4-2-3-15(8-16)20(21,22)23/h2-6,8,13-14,24H,7,9-11H2,1H3. The molecule has 4 rings (SSSR count). The number of anilines is 1. The quantitative estimate of drug-likeness (QED) is 0.771. The molecule has 0 radical (unpaired) electrons. The number of rotatable bonds is 3. The van der Waals surface area contributed by atoms with Gasteiger partial charge in [-0.1, -0.05) is 6.07 Å². The first-order valence-corrected chi connectivity index (χ1v) is 11.1. The molecule has 1 aromatic heterocycles. The fourth-order valence-electron chi connectivity index (χ4n) is 4.32. The van der Waals surface area contributed by atoms with Gasteiger partial charge < -0.3 is 9.47 Å². The van der Waals surface area contributed by atoms with Crippen LogP contribution in [0, 0.1) is 5.92 Å². The van der Waals surface area contributed by atoms with E-state index in [-0.39, 0.29) is 23.4 Å². The second-order valence-electron chi connectivity index (χ2n) is 7.94. The van der Waals surface area contributed by atoms with Crippen molar-refractivity contribution in [3.63, 3.8) is 0 Å². The highest BCUT2D eigenvalue weighted by molar-refractivity contribution is 7.92. The van der Waals surface area contributed by atoms with Crippen LogP contribution in [0.3, 0.4) is 0 Å². The number of aromatic nitrogens is 1. The maximum atomic E-state index is 13.0. The molecule has 1 amide bonds. The summed E-state index contributed by atoms with van der Waals surface area (Å²) in [5, 5.41) is 0. The van der Waals surface area contributed by atoms with Crippen molar-refractivity contribution in [2.24, 2.45) is 5.92 Å². The molecule has 2 unspecified atom stereocenters. The maximum Gasteiger partial charge on any atom is 0.416 e. The van der Waals surface area contributed by atoms with E-state index in [9.17, 15) is 31.2 Å². The van der Waals surface area contributed by atoms with Gasteiger partial charge in [0.25, 0.3) is 15.6 Å². The molecule has 2 aromatic rings. The summed E-state index contributed by atoms with van der Waals surface area (Å²) in [5.41, 5.74) is -1.17. The smallest absolute Gasteiger partial charge is 0.342 e. The first-order chi connectivity index (χ1) is 14.5. The van der Waals surface area contributed by atoms with Gasteiger partial charge in [-0.3, -0.25) is 14.3 Å². The molecule has 0 aliphatic carbocycles. The molecule has 1 aromatic carbocycles. The molecule has 3 heterocycles. The fraction of sp³-hybridized carbons (Fsp3) is 0.400. The molecule has 0 spiro atoms. The summed E-state index contributed by atoms with van der Waals surface area (Å²) in [6, 6.07) is 6.30. The number of alkyl halides is 3. The van der Waals surface area contributed by atoms with Crippen LogP contribution in [-0.2, 0) is 27.5 Å². The zero-order chi connectivity index (χ0) is 22.6. The van der Waals surface area contributed by atoms with Gasteiger partial charge in [0.2, 0.25) is 5.91 Å². The molecule has 1 saturated heterocycles. The topological polar surface area (TPSA) is 88.5 Å². The number of fused-ring (bicyclic) bond motifs is 4. The Hall–Kier alpha value is -2.82. The predicted octanol–water partition coefficient (Wildman–Crippen LogP) is 2.63. The van der Waals surface area contributed by atoms with Gasteiger partial charge in [-0.05, 0) is 42.7 Å². The number of piperidine rings is 1. The van der Waals surface area contributed by atoms with Crippen molar-refractivity contribution >= 4 is 21.6 Å². The van der Waals surface area contributed by atoms with E-state index in [4.69, 9.17) is 0 Å². The summed E-state index contributed by atoms with van der Waals surface area (Å²) in [4.78, 5) is 25.9. The summed E-state index contributed by atoms with van der Waals surface area (Å²) in [5.74, 6) is 0.0114. The molecular weight excluding hydrogens is 435 g/mol. The molecular formula is C20H20F3N3O4S. The summed E-state index contributed by atoms with van der Waals surface area (Å²) < 4.78 is 67.7. The lowest BCUT2D eigenvalue weighted by atomic mass is 9.83. The van der Waals surface area contributed by atoms with Crippen molar-refractivity contribution in [3.05, 3.63) is 58.0 Å². The Bertz CT molecular complexity index is 1210. The number of hydrogen-bond donors (Lipinski definition) is 1. The Morgan fingerprint density at radius 3 is 2.55 bits per heavy atom. The minimum absolute atomic E-state index is 0.0294. The number of pyridine rings is 1. The molecule has 166 valence electrons. The van der Waals surface area contributed by atoms with Crippen molar-refractivity contribution in [1.29, 1.82) is 0 Å². The van der Waals surface area contributed by atoms with Crippen molar-refractivity contribution in [3.8, 4) is 0 Å². The maximum absolute atomic E-state index is 13.0. The van der Waals surface area contributed by atoms with Crippen LogP contribution < -0.4 is 10.3 Å². The summed E-state index contributed by atoms with van der Waals surface area (Å²) in [7, 11) is -4.40. The number of carbonyl (C=O) groups is 1. The first kappa shape index (κ1) is 21.4. The Kier molecular flexibility index (Phi) is 5.11. The van der Waals surface area contributed by atoms with E-state index < -0.39 is 32.2 Å². The minimum Gasteiger partial charge on any atom is -0.342 e. The molecule has 2 aliphatic heterocycles. The Balaban J connectivity index is 1.65. The average molecular weight is 455 g/mol. The highest BCUT2D eigenvalue weighted by Gasteiger charge is 2.36. The molecule has 0 saturated carbocycles. The van der Waals surface area contributed by atoms with E-state index in [1.165, 1.54) is 17.6 Å². The number of carbonyl (C=O) groups excluding carboxylic acids is 1. The predicted molar refractivity (Wildman–Crippen MR) is 106 cm³/mol. The van der Waals surface area contributed by atoms with Gasteiger partial charge in [-0.2, -0.15) is 13.2 Å². The highest BCUT2D eigenvalue weighted by Crippen LogP contribution is 2.36. The lowest BCUT2D eigenvalue weighted by Gasteiger charge is -2.42. The van der Waals surface area contributed by atoms with Gasteiger partial charge in [0.1, 0.15) is 5.69 Å². The SMILES string of the molecule is CC(=O)N1CC2CC(C1)c1ccc(NS(=O)(=O)c3cccc(C(F)(F)F)c3)c(=O)n1C2. The van der Waals surface area contributed by atoms with E-state index in [1.54, 1.807) is 11.0 Å². The van der Waals surface area contributed by atoms with Crippen LogP contribution >= 0.6 is 0 Å². The van der Waals surface area contributed by atoms with Crippen molar-refractivity contribution in [2.45, 2.75) is 36.9 Å². The monoisotopic (exact) mass is 455 g/mol. The summed E-state index contributed by atoms with van der Waals surface area (Å²) in [6.07, 6.45) is -3.86. The van der Waals surface area contributed by atoms with Crippen LogP contribution in [0.1, 0.15) is 30.5 Å². The van der Waals surface area contributed by atoms with Crippen LogP contribution in [0.25, 0.3) is 0 Å². The first-order valence-electron chi connectivity index (χ1n) is 9.65. The van der Waals surface area contributed by atoms with Gasteiger partial charge in [-0.25, -0.2) is 8.42 Å². The number of benzene rings is 1. The van der Waals surface area contributed by atoms with Gasteiger partial charge in [0.05, 0.1) is 10.5 Å². The summed E-state index contributed by atoms with van der Waals surface area (Å²) in [6.45, 7) is 2.85. The van der Waals surface area contributed by atoms with E-state index >= 15 is 0 Å². The Morgan fingerprint density at radius 1 is 1.13 bits per heavy atom. The van der Waals surface area contributed by atoms with Gasteiger partial charge in [-0.15, -0.1) is 0 Å². The van der Waals surface area contributed by atoms with Crippen LogP contribution in [0.15, 0.2) is 46.1 Å². The lowest BCUT2D eigenvalue weighted by Crippen LogP contribution is -2.48. The number of sulfonamides is 1. The minimum atomic E-state index is -4.69. The molecule has 1 fully saturated rings. The lowest BCUT2D eigenvalue weighted by molar-refractivity contribution is -0.137. The summed E-state index contributed by atoms with van der Waals surface area (Å²) >= 11 is 0. The van der Waals surface area contributed by atoms with Crippen LogP contribution in [0.2, 0.25) is 0 Å². The second kappa shape index (κ2) is 7.40. The largest absolute Gasteiger partial charge is 0.416 e. The third kappa shape index (κ3) is 4.06. The zero-order valence-electron chi connectivity index (χ0n) is 16.5. The van der Waals surface area contributed by atoms with E-state index in [2.05, 4.69) is 4.72 Å². The van der Waals surface area contributed by atoms with E-state index in [0.717, 1.165) is 24.6 Å². The van der Waals surface area contributed by atoms with Crippen LogP contribution in [0.4, 0.5) is 18.9 Å². The third-order valence-corrected chi connectivity index (χ3v) is 7.13. The van der Waals surface area contributed by atoms with E-state index in [0.29, 0.717) is 31.4 Å². The number of nitrogens with one attached hydrogen (secondary N) is 1. The number of halogens is 3. The van der Waals surface area contributed by atoms with E-state index in [1.807, 2.05) is 0 Å². The van der Waals surface area contributed by atoms with Crippen LogP contribution in [0.5, 0.6) is 0 Å². The normalized spacial score (nSPS) is 20.8. The number of hydrogen-bond acceptors (Lipinski definition) is 4. The molecule has 2 bridgehead atoms. The molecule has 2 atom stereocenters. The zero-order valence-corrected chi connectivity index (χ0v) is 17.3. The molecule has 1 N–H and O–H groups in total. The Morgan fingerprint density at radius 2 is 1.87 bits per heavy atom. The Labute approximate surface area is 176 Å². The van der Waals surface area contributed by atoms with Gasteiger partial charge in [0, 0.05) is 38.2 Å². The van der Waals surface area contributed by atoms with Gasteiger partial charge >= 0.3 is 6.18 Å².